The Hall–Kier alpha value is -3.68. The van der Waals surface area contributed by atoms with Gasteiger partial charge in [-0.2, -0.15) is 4.98 Å². The maximum absolute atomic E-state index is 12.9. The Morgan fingerprint density at radius 1 is 1.03 bits per heavy atom. The molecule has 0 saturated heterocycles. The Morgan fingerprint density at radius 3 is 2.34 bits per heavy atom. The number of rotatable bonds is 7. The van der Waals surface area contributed by atoms with E-state index in [1.165, 1.54) is 24.3 Å². The maximum atomic E-state index is 12.9. The Labute approximate surface area is 168 Å². The standard InChI is InChI=1S/C21H22FN5O2/c1-14-12-19(27(2)3)26-21(23-14)25-17-8-6-16(7-9-17)24-20(28)13-29-18-10-4-15(22)5-11-18/h4-12H,13H2,1-3H3,(H,24,28)(H,23,25,26). The number of aromatic nitrogens is 2. The van der Waals surface area contributed by atoms with Crippen LogP contribution in [0.1, 0.15) is 5.69 Å². The van der Waals surface area contributed by atoms with Gasteiger partial charge in [0.15, 0.2) is 6.61 Å². The highest BCUT2D eigenvalue weighted by atomic mass is 19.1. The van der Waals surface area contributed by atoms with Crippen LogP contribution >= 0.6 is 0 Å². The van der Waals surface area contributed by atoms with Gasteiger partial charge in [-0.25, -0.2) is 9.37 Å². The van der Waals surface area contributed by atoms with Crippen LogP contribution in [0.25, 0.3) is 0 Å². The smallest absolute Gasteiger partial charge is 0.262 e. The van der Waals surface area contributed by atoms with Gasteiger partial charge in [0.25, 0.3) is 5.91 Å². The summed E-state index contributed by atoms with van der Waals surface area (Å²) < 4.78 is 18.2. The van der Waals surface area contributed by atoms with E-state index in [1.54, 1.807) is 12.1 Å². The molecule has 0 atom stereocenters. The van der Waals surface area contributed by atoms with Crippen LogP contribution in [0.4, 0.5) is 27.5 Å². The summed E-state index contributed by atoms with van der Waals surface area (Å²) in [7, 11) is 3.84. The van der Waals surface area contributed by atoms with Crippen LogP contribution in [0.2, 0.25) is 0 Å². The summed E-state index contributed by atoms with van der Waals surface area (Å²) in [4.78, 5) is 22.8. The van der Waals surface area contributed by atoms with Gasteiger partial charge in [0, 0.05) is 37.2 Å². The maximum Gasteiger partial charge on any atom is 0.262 e. The van der Waals surface area contributed by atoms with E-state index >= 15 is 0 Å². The highest BCUT2D eigenvalue weighted by Crippen LogP contribution is 2.19. The minimum atomic E-state index is -0.357. The number of benzene rings is 2. The van der Waals surface area contributed by atoms with Gasteiger partial charge in [-0.15, -0.1) is 0 Å². The summed E-state index contributed by atoms with van der Waals surface area (Å²) in [6.07, 6.45) is 0. The second-order valence-corrected chi connectivity index (χ2v) is 6.58. The summed E-state index contributed by atoms with van der Waals surface area (Å²) in [5.74, 6) is 1.07. The van der Waals surface area contributed by atoms with Crippen molar-refractivity contribution in [3.8, 4) is 5.75 Å². The largest absolute Gasteiger partial charge is 0.484 e. The first-order valence-corrected chi connectivity index (χ1v) is 8.97. The fourth-order valence-electron chi connectivity index (χ4n) is 2.48. The lowest BCUT2D eigenvalue weighted by molar-refractivity contribution is -0.118. The fraction of sp³-hybridized carbons (Fsp3) is 0.190. The number of ether oxygens (including phenoxy) is 1. The van der Waals surface area contributed by atoms with Crippen molar-refractivity contribution in [1.82, 2.24) is 9.97 Å². The second kappa shape index (κ2) is 9.01. The molecule has 3 aromatic rings. The molecule has 1 amide bonds. The molecule has 0 fully saturated rings. The lowest BCUT2D eigenvalue weighted by Crippen LogP contribution is -2.20. The SMILES string of the molecule is Cc1cc(N(C)C)nc(Nc2ccc(NC(=O)COc3ccc(F)cc3)cc2)n1. The monoisotopic (exact) mass is 395 g/mol. The number of anilines is 4. The Balaban J connectivity index is 1.56. The number of hydrogen-bond acceptors (Lipinski definition) is 6. The molecule has 0 bridgehead atoms. The molecule has 1 heterocycles. The second-order valence-electron chi connectivity index (χ2n) is 6.58. The van der Waals surface area contributed by atoms with E-state index in [2.05, 4.69) is 20.6 Å². The van der Waals surface area contributed by atoms with Crippen molar-refractivity contribution in [2.45, 2.75) is 6.92 Å². The summed E-state index contributed by atoms with van der Waals surface area (Å²) in [5, 5.41) is 5.90. The van der Waals surface area contributed by atoms with Crippen molar-refractivity contribution < 1.29 is 13.9 Å². The topological polar surface area (TPSA) is 79.4 Å². The quantitative estimate of drug-likeness (QED) is 0.634. The van der Waals surface area contributed by atoms with E-state index in [0.717, 1.165) is 17.2 Å². The van der Waals surface area contributed by atoms with Gasteiger partial charge in [0.1, 0.15) is 17.4 Å². The molecular formula is C21H22FN5O2. The van der Waals surface area contributed by atoms with E-state index in [0.29, 0.717) is 17.4 Å². The first-order valence-electron chi connectivity index (χ1n) is 8.97. The number of halogens is 1. The Kier molecular flexibility index (Phi) is 6.23. The number of hydrogen-bond donors (Lipinski definition) is 2. The van der Waals surface area contributed by atoms with Crippen molar-refractivity contribution in [2.75, 3.05) is 36.2 Å². The number of carbonyl (C=O) groups is 1. The molecule has 29 heavy (non-hydrogen) atoms. The zero-order chi connectivity index (χ0) is 20.8. The number of nitrogens with one attached hydrogen (secondary N) is 2. The third kappa shape index (κ3) is 5.90. The Bertz CT molecular complexity index is 975. The summed E-state index contributed by atoms with van der Waals surface area (Å²) in [5.41, 5.74) is 2.28. The van der Waals surface area contributed by atoms with Gasteiger partial charge in [0.05, 0.1) is 0 Å². The minimum Gasteiger partial charge on any atom is -0.484 e. The average molecular weight is 395 g/mol. The van der Waals surface area contributed by atoms with Crippen LogP contribution in [0.5, 0.6) is 5.75 Å². The van der Waals surface area contributed by atoms with Gasteiger partial charge in [-0.3, -0.25) is 4.79 Å². The molecule has 0 radical (unpaired) electrons. The number of carbonyl (C=O) groups excluding carboxylic acids is 1. The molecule has 0 saturated carbocycles. The van der Waals surface area contributed by atoms with Crippen LogP contribution in [-0.2, 0) is 4.79 Å². The first kappa shape index (κ1) is 20.1. The van der Waals surface area contributed by atoms with Gasteiger partial charge in [-0.1, -0.05) is 0 Å². The molecule has 150 valence electrons. The number of nitrogens with zero attached hydrogens (tertiary/aromatic N) is 3. The number of aryl methyl sites for hydroxylation is 1. The van der Waals surface area contributed by atoms with E-state index in [4.69, 9.17) is 4.74 Å². The fourth-order valence-corrected chi connectivity index (χ4v) is 2.48. The molecule has 2 aromatic carbocycles. The van der Waals surface area contributed by atoms with Crippen LogP contribution in [0.3, 0.4) is 0 Å². The summed E-state index contributed by atoms with van der Waals surface area (Å²) in [6.45, 7) is 1.74. The van der Waals surface area contributed by atoms with E-state index in [-0.39, 0.29) is 18.3 Å². The normalized spacial score (nSPS) is 10.3. The minimum absolute atomic E-state index is 0.171. The van der Waals surface area contributed by atoms with Gasteiger partial charge >= 0.3 is 0 Å². The van der Waals surface area contributed by atoms with Gasteiger partial charge in [0.2, 0.25) is 5.95 Å². The van der Waals surface area contributed by atoms with Crippen molar-refractivity contribution in [3.05, 3.63) is 66.1 Å². The molecule has 0 aliphatic rings. The highest BCUT2D eigenvalue weighted by molar-refractivity contribution is 5.92. The molecule has 2 N–H and O–H groups in total. The van der Waals surface area contributed by atoms with Crippen molar-refractivity contribution in [1.29, 1.82) is 0 Å². The van der Waals surface area contributed by atoms with E-state index in [1.807, 2.05) is 44.1 Å². The molecule has 8 heteroatoms. The molecule has 3 rings (SSSR count). The van der Waals surface area contributed by atoms with Crippen LogP contribution in [0, 0.1) is 12.7 Å². The van der Waals surface area contributed by atoms with Crippen LogP contribution in [-0.4, -0.2) is 36.6 Å². The van der Waals surface area contributed by atoms with Crippen molar-refractivity contribution in [3.63, 3.8) is 0 Å². The van der Waals surface area contributed by atoms with E-state index < -0.39 is 0 Å². The summed E-state index contributed by atoms with van der Waals surface area (Å²) >= 11 is 0. The van der Waals surface area contributed by atoms with Crippen molar-refractivity contribution >= 4 is 29.0 Å². The highest BCUT2D eigenvalue weighted by Gasteiger charge is 2.06. The molecule has 0 aliphatic carbocycles. The molecule has 0 unspecified atom stereocenters. The molecular weight excluding hydrogens is 373 g/mol. The Morgan fingerprint density at radius 2 is 1.69 bits per heavy atom. The lowest BCUT2D eigenvalue weighted by atomic mass is 10.3. The third-order valence-corrected chi connectivity index (χ3v) is 3.91. The predicted molar refractivity (Wildman–Crippen MR) is 111 cm³/mol. The number of amides is 1. The molecule has 1 aromatic heterocycles. The van der Waals surface area contributed by atoms with Gasteiger partial charge < -0.3 is 20.3 Å². The molecule has 7 nitrogen and oxygen atoms in total. The van der Waals surface area contributed by atoms with Gasteiger partial charge in [-0.05, 0) is 55.5 Å². The zero-order valence-electron chi connectivity index (χ0n) is 16.4. The lowest BCUT2D eigenvalue weighted by Gasteiger charge is -2.14. The average Bonchev–Trinajstić information content (AvgIpc) is 2.68. The molecule has 0 spiro atoms. The first-order chi connectivity index (χ1) is 13.9. The summed E-state index contributed by atoms with van der Waals surface area (Å²) in [6, 6.07) is 14.6. The molecule has 0 aliphatic heterocycles. The van der Waals surface area contributed by atoms with E-state index in [9.17, 15) is 9.18 Å². The third-order valence-electron chi connectivity index (χ3n) is 3.91. The zero-order valence-corrected chi connectivity index (χ0v) is 16.4. The van der Waals surface area contributed by atoms with Crippen LogP contribution in [0.15, 0.2) is 54.6 Å². The van der Waals surface area contributed by atoms with Crippen LogP contribution < -0.4 is 20.3 Å². The predicted octanol–water partition coefficient (Wildman–Crippen LogP) is 3.75. The van der Waals surface area contributed by atoms with Crippen molar-refractivity contribution in [2.24, 2.45) is 0 Å².